The smallest absolute Gasteiger partial charge is 0.264 e. The third-order valence-electron chi connectivity index (χ3n) is 3.43. The molecule has 1 N–H and O–H groups in total. The molecule has 26 heavy (non-hydrogen) atoms. The van der Waals surface area contributed by atoms with Crippen LogP contribution in [0.3, 0.4) is 0 Å². The predicted octanol–water partition coefficient (Wildman–Crippen LogP) is 2.72. The van der Waals surface area contributed by atoms with Gasteiger partial charge in [-0.25, -0.2) is 13.1 Å². The number of benzene rings is 2. The summed E-state index contributed by atoms with van der Waals surface area (Å²) in [6.07, 6.45) is -0.117. The monoisotopic (exact) mass is 375 g/mol. The van der Waals surface area contributed by atoms with Crippen molar-refractivity contribution >= 4 is 21.7 Å². The van der Waals surface area contributed by atoms with Crippen molar-refractivity contribution < 1.29 is 22.7 Å². The molecule has 7 heteroatoms. The Hall–Kier alpha value is -2.67. The highest BCUT2D eigenvalue weighted by Gasteiger charge is 2.19. The standard InChI is InChI=1S/C19H21NO5S/c1-13(2)25-17-8-4-6-15(10-17)11-19(22)20-26(23,24)18-9-5-7-16(12-18)14(3)21/h4-10,12-13H,11H2,1-3H3,(H,20,22). The van der Waals surface area contributed by atoms with Gasteiger partial charge < -0.3 is 4.74 Å². The molecule has 0 atom stereocenters. The molecule has 0 radical (unpaired) electrons. The molecule has 0 heterocycles. The minimum atomic E-state index is -4.05. The first-order valence-electron chi connectivity index (χ1n) is 8.09. The lowest BCUT2D eigenvalue weighted by Gasteiger charge is -2.11. The summed E-state index contributed by atoms with van der Waals surface area (Å²) < 4.78 is 32.3. The Balaban J connectivity index is 2.11. The summed E-state index contributed by atoms with van der Waals surface area (Å²) in [5.74, 6) is -0.308. The molecule has 138 valence electrons. The Bertz CT molecular complexity index is 919. The van der Waals surface area contributed by atoms with E-state index in [-0.39, 0.29) is 28.8 Å². The molecule has 0 saturated heterocycles. The average molecular weight is 375 g/mol. The number of carbonyl (C=O) groups excluding carboxylic acids is 2. The first kappa shape index (κ1) is 19.7. The molecule has 0 aliphatic carbocycles. The van der Waals surface area contributed by atoms with Crippen LogP contribution in [0.4, 0.5) is 0 Å². The number of hydrogen-bond acceptors (Lipinski definition) is 5. The van der Waals surface area contributed by atoms with Crippen LogP contribution in [0.25, 0.3) is 0 Å². The van der Waals surface area contributed by atoms with E-state index in [1.165, 1.54) is 31.2 Å². The van der Waals surface area contributed by atoms with Crippen LogP contribution in [0.2, 0.25) is 0 Å². The third-order valence-corrected chi connectivity index (χ3v) is 4.80. The quantitative estimate of drug-likeness (QED) is 0.752. The van der Waals surface area contributed by atoms with Gasteiger partial charge in [0.1, 0.15) is 5.75 Å². The molecule has 0 aromatic heterocycles. The Kier molecular flexibility index (Phi) is 6.15. The molecule has 0 bridgehead atoms. The van der Waals surface area contributed by atoms with E-state index < -0.39 is 15.9 Å². The van der Waals surface area contributed by atoms with E-state index >= 15 is 0 Å². The van der Waals surface area contributed by atoms with Crippen molar-refractivity contribution in [2.45, 2.75) is 38.2 Å². The summed E-state index contributed by atoms with van der Waals surface area (Å²) in [5.41, 5.74) is 0.896. The van der Waals surface area contributed by atoms with Gasteiger partial charge in [-0.1, -0.05) is 24.3 Å². The fraction of sp³-hybridized carbons (Fsp3) is 0.263. The fourth-order valence-corrected chi connectivity index (χ4v) is 3.34. The number of rotatable bonds is 7. The number of ether oxygens (including phenoxy) is 1. The molecule has 1 amide bonds. The van der Waals surface area contributed by atoms with Crippen LogP contribution in [-0.4, -0.2) is 26.2 Å². The van der Waals surface area contributed by atoms with Crippen molar-refractivity contribution in [3.05, 3.63) is 59.7 Å². The van der Waals surface area contributed by atoms with Crippen LogP contribution in [0, 0.1) is 0 Å². The van der Waals surface area contributed by atoms with Crippen LogP contribution >= 0.6 is 0 Å². The minimum Gasteiger partial charge on any atom is -0.491 e. The van der Waals surface area contributed by atoms with E-state index in [1.54, 1.807) is 24.3 Å². The van der Waals surface area contributed by atoms with Gasteiger partial charge in [-0.3, -0.25) is 9.59 Å². The molecule has 0 spiro atoms. The zero-order chi connectivity index (χ0) is 19.3. The second-order valence-electron chi connectivity index (χ2n) is 6.10. The summed E-state index contributed by atoms with van der Waals surface area (Å²) in [4.78, 5) is 23.4. The first-order valence-corrected chi connectivity index (χ1v) is 9.58. The van der Waals surface area contributed by atoms with Crippen molar-refractivity contribution in [3.63, 3.8) is 0 Å². The lowest BCUT2D eigenvalue weighted by Crippen LogP contribution is -2.31. The summed E-state index contributed by atoms with van der Waals surface area (Å²) in [5, 5.41) is 0. The number of nitrogens with one attached hydrogen (secondary N) is 1. The van der Waals surface area contributed by atoms with Gasteiger partial charge in [-0.2, -0.15) is 0 Å². The fourth-order valence-electron chi connectivity index (χ4n) is 2.31. The Morgan fingerprint density at radius 1 is 1.08 bits per heavy atom. The van der Waals surface area contributed by atoms with Crippen LogP contribution in [0.1, 0.15) is 36.7 Å². The van der Waals surface area contributed by atoms with Crippen molar-refractivity contribution in [2.24, 2.45) is 0 Å². The molecule has 2 aromatic carbocycles. The molecule has 2 aromatic rings. The van der Waals surface area contributed by atoms with Gasteiger partial charge in [0.25, 0.3) is 10.0 Å². The van der Waals surface area contributed by atoms with Crippen molar-refractivity contribution in [1.82, 2.24) is 4.72 Å². The predicted molar refractivity (Wildman–Crippen MR) is 97.7 cm³/mol. The SMILES string of the molecule is CC(=O)c1cccc(S(=O)(=O)NC(=O)Cc2cccc(OC(C)C)c2)c1. The van der Waals surface area contributed by atoms with Crippen molar-refractivity contribution in [2.75, 3.05) is 0 Å². The number of amides is 1. The second-order valence-corrected chi connectivity index (χ2v) is 7.79. The van der Waals surface area contributed by atoms with Gasteiger partial charge in [0.15, 0.2) is 5.78 Å². The molecular formula is C19H21NO5S. The van der Waals surface area contributed by atoms with Gasteiger partial charge in [0.05, 0.1) is 17.4 Å². The van der Waals surface area contributed by atoms with E-state index in [2.05, 4.69) is 0 Å². The Labute approximate surface area is 153 Å². The van der Waals surface area contributed by atoms with Crippen LogP contribution in [0.5, 0.6) is 5.75 Å². The number of hydrogen-bond donors (Lipinski definition) is 1. The molecule has 6 nitrogen and oxygen atoms in total. The summed E-state index contributed by atoms with van der Waals surface area (Å²) >= 11 is 0. The molecule has 2 rings (SSSR count). The first-order chi connectivity index (χ1) is 12.2. The van der Waals surface area contributed by atoms with Gasteiger partial charge in [0, 0.05) is 5.56 Å². The van der Waals surface area contributed by atoms with E-state index in [9.17, 15) is 18.0 Å². The normalized spacial score (nSPS) is 11.2. The highest BCUT2D eigenvalue weighted by atomic mass is 32.2. The maximum atomic E-state index is 12.4. The molecule has 0 aliphatic heterocycles. The van der Waals surface area contributed by atoms with Crippen LogP contribution in [0.15, 0.2) is 53.4 Å². The van der Waals surface area contributed by atoms with E-state index in [0.717, 1.165) is 0 Å². The van der Waals surface area contributed by atoms with Crippen molar-refractivity contribution in [1.29, 1.82) is 0 Å². The third kappa shape index (κ3) is 5.42. The molecule has 0 fully saturated rings. The number of sulfonamides is 1. The van der Waals surface area contributed by atoms with E-state index in [4.69, 9.17) is 4.74 Å². The van der Waals surface area contributed by atoms with Crippen LogP contribution in [-0.2, 0) is 21.2 Å². The lowest BCUT2D eigenvalue weighted by atomic mass is 10.1. The largest absolute Gasteiger partial charge is 0.491 e. The lowest BCUT2D eigenvalue weighted by molar-refractivity contribution is -0.118. The van der Waals surface area contributed by atoms with Gasteiger partial charge in [-0.15, -0.1) is 0 Å². The van der Waals surface area contributed by atoms with Crippen molar-refractivity contribution in [3.8, 4) is 5.75 Å². The van der Waals surface area contributed by atoms with Gasteiger partial charge >= 0.3 is 0 Å². The maximum Gasteiger partial charge on any atom is 0.264 e. The second kappa shape index (κ2) is 8.14. The maximum absolute atomic E-state index is 12.4. The Morgan fingerprint density at radius 2 is 1.77 bits per heavy atom. The average Bonchev–Trinajstić information content (AvgIpc) is 2.54. The number of ketones is 1. The molecular weight excluding hydrogens is 354 g/mol. The molecule has 0 saturated carbocycles. The highest BCUT2D eigenvalue weighted by molar-refractivity contribution is 7.90. The van der Waals surface area contributed by atoms with E-state index in [0.29, 0.717) is 11.3 Å². The Morgan fingerprint density at radius 3 is 2.42 bits per heavy atom. The molecule has 0 unspecified atom stereocenters. The minimum absolute atomic E-state index is 0.00648. The topological polar surface area (TPSA) is 89.5 Å². The summed E-state index contributed by atoms with van der Waals surface area (Å²) in [6.45, 7) is 5.12. The zero-order valence-electron chi connectivity index (χ0n) is 14.9. The molecule has 0 aliphatic rings. The highest BCUT2D eigenvalue weighted by Crippen LogP contribution is 2.16. The zero-order valence-corrected chi connectivity index (χ0v) is 15.7. The van der Waals surface area contributed by atoms with E-state index in [1.807, 2.05) is 18.6 Å². The summed E-state index contributed by atoms with van der Waals surface area (Å²) in [6, 6.07) is 12.5. The van der Waals surface area contributed by atoms with Crippen LogP contribution < -0.4 is 9.46 Å². The number of carbonyl (C=O) groups is 2. The summed E-state index contributed by atoms with van der Waals surface area (Å²) in [7, 11) is -4.05. The van der Waals surface area contributed by atoms with Gasteiger partial charge in [0.2, 0.25) is 5.91 Å². The van der Waals surface area contributed by atoms with Gasteiger partial charge in [-0.05, 0) is 50.6 Å². The number of Topliss-reactive ketones (excluding diaryl/α,β-unsaturated/α-hetero) is 1.